The SMILES string of the molecule is Cc1ccc(S(=O)(=O)CC(C)C(=O)OC(C)(C)C)cc1. The molecule has 0 aromatic heterocycles. The van der Waals surface area contributed by atoms with Crippen LogP contribution < -0.4 is 0 Å². The third-order valence-electron chi connectivity index (χ3n) is 2.66. The van der Waals surface area contributed by atoms with E-state index < -0.39 is 27.3 Å². The molecular formula is C15H22O4S. The highest BCUT2D eigenvalue weighted by molar-refractivity contribution is 7.91. The van der Waals surface area contributed by atoms with Crippen LogP contribution in [0.5, 0.6) is 0 Å². The molecule has 0 aliphatic rings. The highest BCUT2D eigenvalue weighted by Crippen LogP contribution is 2.17. The molecule has 0 aliphatic heterocycles. The van der Waals surface area contributed by atoms with Crippen LogP contribution in [0.1, 0.15) is 33.3 Å². The van der Waals surface area contributed by atoms with Crippen LogP contribution in [0, 0.1) is 12.8 Å². The van der Waals surface area contributed by atoms with Crippen LogP contribution in [0.2, 0.25) is 0 Å². The predicted octanol–water partition coefficient (Wildman–Crippen LogP) is 2.75. The Morgan fingerprint density at radius 1 is 1.20 bits per heavy atom. The van der Waals surface area contributed by atoms with E-state index in [0.29, 0.717) is 0 Å². The van der Waals surface area contributed by atoms with Crippen molar-refractivity contribution < 1.29 is 17.9 Å². The first kappa shape index (κ1) is 16.7. The van der Waals surface area contributed by atoms with Gasteiger partial charge in [-0.25, -0.2) is 8.42 Å². The van der Waals surface area contributed by atoms with E-state index in [9.17, 15) is 13.2 Å². The number of esters is 1. The Labute approximate surface area is 121 Å². The van der Waals surface area contributed by atoms with Gasteiger partial charge in [-0.15, -0.1) is 0 Å². The lowest BCUT2D eigenvalue weighted by Crippen LogP contribution is -2.30. The van der Waals surface area contributed by atoms with Gasteiger partial charge in [0.15, 0.2) is 9.84 Å². The first-order chi connectivity index (χ1) is 9.01. The molecule has 0 amide bonds. The molecule has 0 aliphatic carbocycles. The van der Waals surface area contributed by atoms with Crippen LogP contribution >= 0.6 is 0 Å². The molecule has 112 valence electrons. The van der Waals surface area contributed by atoms with Crippen molar-refractivity contribution >= 4 is 15.8 Å². The first-order valence-corrected chi connectivity index (χ1v) is 8.19. The van der Waals surface area contributed by atoms with Gasteiger partial charge in [-0.3, -0.25) is 4.79 Å². The monoisotopic (exact) mass is 298 g/mol. The molecule has 0 saturated heterocycles. The minimum Gasteiger partial charge on any atom is -0.460 e. The number of carbonyl (C=O) groups excluding carboxylic acids is 1. The van der Waals surface area contributed by atoms with Gasteiger partial charge < -0.3 is 4.74 Å². The lowest BCUT2D eigenvalue weighted by molar-refractivity contribution is -0.158. The molecule has 1 aromatic rings. The third-order valence-corrected chi connectivity index (χ3v) is 4.59. The standard InChI is InChI=1S/C15H22O4S/c1-11-6-8-13(9-7-11)20(17,18)10-12(2)14(16)19-15(3,4)5/h6-9,12H,10H2,1-5H3. The van der Waals surface area contributed by atoms with Gasteiger partial charge in [0.05, 0.1) is 16.6 Å². The molecule has 1 unspecified atom stereocenters. The summed E-state index contributed by atoms with van der Waals surface area (Å²) in [6.07, 6.45) is 0. The molecular weight excluding hydrogens is 276 g/mol. The fourth-order valence-electron chi connectivity index (χ4n) is 1.64. The minimum absolute atomic E-state index is 0.235. The number of benzene rings is 1. The second kappa shape index (κ2) is 5.95. The number of sulfone groups is 1. The van der Waals surface area contributed by atoms with E-state index in [-0.39, 0.29) is 10.6 Å². The fourth-order valence-corrected chi connectivity index (χ4v) is 3.18. The average molecular weight is 298 g/mol. The van der Waals surface area contributed by atoms with Crippen molar-refractivity contribution in [3.8, 4) is 0 Å². The summed E-state index contributed by atoms with van der Waals surface area (Å²) in [7, 11) is -3.48. The molecule has 1 rings (SSSR count). The number of aryl methyl sites for hydroxylation is 1. The Hall–Kier alpha value is -1.36. The number of hydrogen-bond acceptors (Lipinski definition) is 4. The molecule has 0 spiro atoms. The molecule has 0 radical (unpaired) electrons. The minimum atomic E-state index is -3.48. The molecule has 0 fully saturated rings. The molecule has 1 atom stereocenters. The van der Waals surface area contributed by atoms with Gasteiger partial charge in [-0.1, -0.05) is 24.6 Å². The summed E-state index contributed by atoms with van der Waals surface area (Å²) in [6, 6.07) is 6.61. The van der Waals surface area contributed by atoms with Gasteiger partial charge in [0, 0.05) is 0 Å². The first-order valence-electron chi connectivity index (χ1n) is 6.53. The maximum Gasteiger partial charge on any atom is 0.310 e. The Balaban J connectivity index is 2.81. The zero-order valence-corrected chi connectivity index (χ0v) is 13.5. The summed E-state index contributed by atoms with van der Waals surface area (Å²) >= 11 is 0. The zero-order chi connectivity index (χ0) is 15.6. The highest BCUT2D eigenvalue weighted by Gasteiger charge is 2.27. The van der Waals surface area contributed by atoms with Crippen molar-refractivity contribution in [1.29, 1.82) is 0 Å². The Morgan fingerprint density at radius 2 is 1.70 bits per heavy atom. The second-order valence-electron chi connectivity index (χ2n) is 6.03. The van der Waals surface area contributed by atoms with Crippen molar-refractivity contribution in [2.75, 3.05) is 5.75 Å². The van der Waals surface area contributed by atoms with E-state index in [2.05, 4.69) is 0 Å². The molecule has 4 nitrogen and oxygen atoms in total. The Morgan fingerprint density at radius 3 is 2.15 bits per heavy atom. The quantitative estimate of drug-likeness (QED) is 0.802. The van der Waals surface area contributed by atoms with Crippen molar-refractivity contribution in [3.05, 3.63) is 29.8 Å². The predicted molar refractivity (Wildman–Crippen MR) is 78.2 cm³/mol. The van der Waals surface area contributed by atoms with Gasteiger partial charge >= 0.3 is 5.97 Å². The maximum absolute atomic E-state index is 12.2. The van der Waals surface area contributed by atoms with Crippen molar-refractivity contribution in [2.24, 2.45) is 5.92 Å². The Kier molecular flexibility index (Phi) is 4.97. The molecule has 0 heterocycles. The molecule has 5 heteroatoms. The molecule has 0 saturated carbocycles. The smallest absolute Gasteiger partial charge is 0.310 e. The average Bonchev–Trinajstić information content (AvgIpc) is 2.26. The summed E-state index contributed by atoms with van der Waals surface area (Å²) in [5, 5.41) is 0. The zero-order valence-electron chi connectivity index (χ0n) is 12.6. The van der Waals surface area contributed by atoms with E-state index in [1.54, 1.807) is 52.0 Å². The van der Waals surface area contributed by atoms with E-state index in [1.807, 2.05) is 6.92 Å². The fraction of sp³-hybridized carbons (Fsp3) is 0.533. The Bertz CT molecular complexity index is 565. The van der Waals surface area contributed by atoms with Gasteiger partial charge in [-0.05, 0) is 39.8 Å². The van der Waals surface area contributed by atoms with Crippen LogP contribution in [0.4, 0.5) is 0 Å². The summed E-state index contributed by atoms with van der Waals surface area (Å²) < 4.78 is 29.6. The van der Waals surface area contributed by atoms with E-state index in [1.165, 1.54) is 0 Å². The van der Waals surface area contributed by atoms with Gasteiger partial charge in [0.2, 0.25) is 0 Å². The highest BCUT2D eigenvalue weighted by atomic mass is 32.2. The van der Waals surface area contributed by atoms with E-state index >= 15 is 0 Å². The largest absolute Gasteiger partial charge is 0.460 e. The number of ether oxygens (including phenoxy) is 1. The van der Waals surface area contributed by atoms with Crippen molar-refractivity contribution in [3.63, 3.8) is 0 Å². The summed E-state index contributed by atoms with van der Waals surface area (Å²) in [5.41, 5.74) is 0.378. The topological polar surface area (TPSA) is 60.4 Å². The molecule has 0 N–H and O–H groups in total. The van der Waals surface area contributed by atoms with Crippen LogP contribution in [-0.2, 0) is 19.4 Å². The maximum atomic E-state index is 12.2. The summed E-state index contributed by atoms with van der Waals surface area (Å²) in [4.78, 5) is 12.1. The lowest BCUT2D eigenvalue weighted by atomic mass is 10.1. The molecule has 1 aromatic carbocycles. The van der Waals surface area contributed by atoms with Gasteiger partial charge in [0.25, 0.3) is 0 Å². The van der Waals surface area contributed by atoms with Gasteiger partial charge in [-0.2, -0.15) is 0 Å². The van der Waals surface area contributed by atoms with Crippen molar-refractivity contribution in [2.45, 2.75) is 45.1 Å². The number of rotatable bonds is 4. The summed E-state index contributed by atoms with van der Waals surface area (Å²) in [6.45, 7) is 8.73. The second-order valence-corrected chi connectivity index (χ2v) is 8.06. The third kappa shape index (κ3) is 4.96. The van der Waals surface area contributed by atoms with Crippen LogP contribution in [-0.4, -0.2) is 25.7 Å². The van der Waals surface area contributed by atoms with Crippen LogP contribution in [0.3, 0.4) is 0 Å². The van der Waals surface area contributed by atoms with E-state index in [0.717, 1.165) is 5.56 Å². The van der Waals surface area contributed by atoms with Crippen LogP contribution in [0.15, 0.2) is 29.2 Å². The van der Waals surface area contributed by atoms with Crippen molar-refractivity contribution in [1.82, 2.24) is 0 Å². The number of carbonyl (C=O) groups is 1. The number of hydrogen-bond donors (Lipinski definition) is 0. The van der Waals surface area contributed by atoms with Crippen LogP contribution in [0.25, 0.3) is 0 Å². The molecule has 20 heavy (non-hydrogen) atoms. The van der Waals surface area contributed by atoms with E-state index in [4.69, 9.17) is 4.74 Å². The molecule has 0 bridgehead atoms. The summed E-state index contributed by atoms with van der Waals surface area (Å²) in [5.74, 6) is -1.43. The normalized spacial score (nSPS) is 13.8. The van der Waals surface area contributed by atoms with Gasteiger partial charge in [0.1, 0.15) is 5.60 Å². The lowest BCUT2D eigenvalue weighted by Gasteiger charge is -2.22.